The number of nitrogens with zero attached hydrogens (tertiary/aromatic N) is 2. The molecular weight excluding hydrogens is 380 g/mol. The number of hydrogen-bond acceptors (Lipinski definition) is 6. The molecule has 3 rings (SSSR count). The highest BCUT2D eigenvalue weighted by atomic mass is 35.5. The first-order valence-electron chi connectivity index (χ1n) is 7.36. The lowest BCUT2D eigenvalue weighted by atomic mass is 10.2. The number of aromatic amines is 1. The summed E-state index contributed by atoms with van der Waals surface area (Å²) in [6.45, 7) is 0. The van der Waals surface area contributed by atoms with Crippen molar-refractivity contribution in [2.45, 2.75) is 5.16 Å². The van der Waals surface area contributed by atoms with Crippen LogP contribution in [0.4, 0.5) is 11.4 Å². The first kappa shape index (κ1) is 18.0. The van der Waals surface area contributed by atoms with Gasteiger partial charge in [0.2, 0.25) is 5.91 Å². The van der Waals surface area contributed by atoms with E-state index in [0.29, 0.717) is 15.9 Å². The monoisotopic (exact) mass is 392 g/mol. The maximum atomic E-state index is 12.1. The fourth-order valence-electron chi connectivity index (χ4n) is 2.24. The largest absolute Gasteiger partial charge is 0.496 e. The second-order valence-electron chi connectivity index (χ2n) is 5.18. The van der Waals surface area contributed by atoms with Gasteiger partial charge in [0, 0.05) is 5.02 Å². The highest BCUT2D eigenvalue weighted by Crippen LogP contribution is 2.29. The molecule has 1 heterocycles. The SMILES string of the molecule is COc1ccc(NC(=O)CSc2nc3ccc(Cl)cc3[nH]2)c([N+](=O)[O-])c1. The topological polar surface area (TPSA) is 110 Å². The Morgan fingerprint density at radius 1 is 1.38 bits per heavy atom. The number of H-pyrrole nitrogens is 1. The van der Waals surface area contributed by atoms with Crippen LogP contribution in [-0.2, 0) is 4.79 Å². The Morgan fingerprint density at radius 2 is 2.19 bits per heavy atom. The van der Waals surface area contributed by atoms with Crippen LogP contribution in [0.5, 0.6) is 5.75 Å². The Bertz CT molecular complexity index is 992. The summed E-state index contributed by atoms with van der Waals surface area (Å²) >= 11 is 7.11. The van der Waals surface area contributed by atoms with Crippen LogP contribution in [-0.4, -0.2) is 33.7 Å². The number of aromatic nitrogens is 2. The lowest BCUT2D eigenvalue weighted by Gasteiger charge is -2.07. The smallest absolute Gasteiger partial charge is 0.296 e. The minimum Gasteiger partial charge on any atom is -0.496 e. The van der Waals surface area contributed by atoms with Crippen LogP contribution >= 0.6 is 23.4 Å². The molecule has 1 aromatic heterocycles. The van der Waals surface area contributed by atoms with Crippen molar-refractivity contribution in [1.29, 1.82) is 0 Å². The van der Waals surface area contributed by atoms with Crippen molar-refractivity contribution in [3.05, 3.63) is 51.5 Å². The summed E-state index contributed by atoms with van der Waals surface area (Å²) < 4.78 is 4.96. The lowest BCUT2D eigenvalue weighted by Crippen LogP contribution is -2.15. The number of nitro groups is 1. The van der Waals surface area contributed by atoms with Crippen LogP contribution in [0.25, 0.3) is 11.0 Å². The predicted octanol–water partition coefficient (Wildman–Crippen LogP) is 3.86. The average Bonchev–Trinajstić information content (AvgIpc) is 3.02. The molecule has 0 bridgehead atoms. The maximum Gasteiger partial charge on any atom is 0.296 e. The minimum absolute atomic E-state index is 0.0384. The number of anilines is 1. The van der Waals surface area contributed by atoms with Crippen LogP contribution < -0.4 is 10.1 Å². The third kappa shape index (κ3) is 4.06. The van der Waals surface area contributed by atoms with Crippen LogP contribution in [0, 0.1) is 10.1 Å². The van der Waals surface area contributed by atoms with Crippen LogP contribution in [0.3, 0.4) is 0 Å². The number of methoxy groups -OCH3 is 1. The molecule has 0 saturated heterocycles. The Morgan fingerprint density at radius 3 is 2.92 bits per heavy atom. The summed E-state index contributed by atoms with van der Waals surface area (Å²) in [7, 11) is 1.41. The van der Waals surface area contributed by atoms with Gasteiger partial charge in [-0.15, -0.1) is 0 Å². The molecule has 0 atom stereocenters. The van der Waals surface area contributed by atoms with E-state index in [4.69, 9.17) is 16.3 Å². The number of carbonyl (C=O) groups is 1. The number of fused-ring (bicyclic) bond motifs is 1. The van der Waals surface area contributed by atoms with E-state index in [1.54, 1.807) is 24.3 Å². The predicted molar refractivity (Wildman–Crippen MR) is 100 cm³/mol. The quantitative estimate of drug-likeness (QED) is 0.374. The molecule has 1 amide bonds. The number of nitrogens with one attached hydrogen (secondary N) is 2. The summed E-state index contributed by atoms with van der Waals surface area (Å²) in [4.78, 5) is 30.1. The van der Waals surface area contributed by atoms with Gasteiger partial charge < -0.3 is 15.0 Å². The maximum absolute atomic E-state index is 12.1. The Kier molecular flexibility index (Phi) is 5.29. The number of amides is 1. The van der Waals surface area contributed by atoms with E-state index in [9.17, 15) is 14.9 Å². The molecule has 0 spiro atoms. The number of benzene rings is 2. The van der Waals surface area contributed by atoms with Crippen molar-refractivity contribution >= 4 is 51.7 Å². The standard InChI is InChI=1S/C16H13ClN4O4S/c1-25-10-3-5-12(14(7-10)21(23)24)18-15(22)8-26-16-19-11-4-2-9(17)6-13(11)20-16/h2-7H,8H2,1H3,(H,18,22)(H,19,20). The minimum atomic E-state index is -0.575. The Balaban J connectivity index is 1.67. The van der Waals surface area contributed by atoms with Gasteiger partial charge in [0.05, 0.1) is 34.9 Å². The van der Waals surface area contributed by atoms with Crippen molar-refractivity contribution < 1.29 is 14.5 Å². The molecule has 3 aromatic rings. The molecule has 0 saturated carbocycles. The molecule has 0 aliphatic carbocycles. The van der Waals surface area contributed by atoms with E-state index >= 15 is 0 Å². The van der Waals surface area contributed by atoms with Crippen molar-refractivity contribution in [2.24, 2.45) is 0 Å². The second kappa shape index (κ2) is 7.63. The normalized spacial score (nSPS) is 10.7. The molecule has 26 heavy (non-hydrogen) atoms. The number of nitro benzene ring substituents is 1. The van der Waals surface area contributed by atoms with Gasteiger partial charge in [0.1, 0.15) is 11.4 Å². The number of thioether (sulfide) groups is 1. The lowest BCUT2D eigenvalue weighted by molar-refractivity contribution is -0.384. The van der Waals surface area contributed by atoms with Crippen molar-refractivity contribution in [3.63, 3.8) is 0 Å². The van der Waals surface area contributed by atoms with Crippen molar-refractivity contribution in [3.8, 4) is 5.75 Å². The number of rotatable bonds is 6. The van der Waals surface area contributed by atoms with Crippen LogP contribution in [0.15, 0.2) is 41.6 Å². The van der Waals surface area contributed by atoms with Gasteiger partial charge in [-0.05, 0) is 30.3 Å². The molecule has 134 valence electrons. The van der Waals surface area contributed by atoms with E-state index in [-0.39, 0.29) is 23.0 Å². The Labute approximate surface area is 157 Å². The number of carbonyl (C=O) groups excluding carboxylic acids is 1. The molecule has 2 N–H and O–H groups in total. The summed E-state index contributed by atoms with van der Waals surface area (Å²) in [5, 5.41) is 14.8. The summed E-state index contributed by atoms with van der Waals surface area (Å²) in [6, 6.07) is 9.48. The number of imidazole rings is 1. The summed E-state index contributed by atoms with van der Waals surface area (Å²) in [5.41, 5.74) is 1.38. The summed E-state index contributed by atoms with van der Waals surface area (Å²) in [5.74, 6) is -0.0109. The van der Waals surface area contributed by atoms with E-state index in [1.807, 2.05) is 0 Å². The fraction of sp³-hybridized carbons (Fsp3) is 0.125. The van der Waals surface area contributed by atoms with Gasteiger partial charge in [0.25, 0.3) is 5.69 Å². The van der Waals surface area contributed by atoms with E-state index in [1.165, 1.54) is 31.0 Å². The van der Waals surface area contributed by atoms with E-state index < -0.39 is 4.92 Å². The van der Waals surface area contributed by atoms with E-state index in [0.717, 1.165) is 11.0 Å². The first-order valence-corrected chi connectivity index (χ1v) is 8.73. The highest BCUT2D eigenvalue weighted by Gasteiger charge is 2.17. The third-order valence-corrected chi connectivity index (χ3v) is 4.55. The first-order chi connectivity index (χ1) is 12.5. The molecule has 2 aromatic carbocycles. The number of ether oxygens (including phenoxy) is 1. The number of hydrogen-bond donors (Lipinski definition) is 2. The van der Waals surface area contributed by atoms with Crippen LogP contribution in [0.1, 0.15) is 0 Å². The van der Waals surface area contributed by atoms with Gasteiger partial charge in [0.15, 0.2) is 5.16 Å². The van der Waals surface area contributed by atoms with Gasteiger partial charge in [-0.1, -0.05) is 23.4 Å². The molecule has 0 radical (unpaired) electrons. The molecule has 0 fully saturated rings. The fourth-order valence-corrected chi connectivity index (χ4v) is 3.10. The van der Waals surface area contributed by atoms with Gasteiger partial charge >= 0.3 is 0 Å². The van der Waals surface area contributed by atoms with Gasteiger partial charge in [-0.3, -0.25) is 14.9 Å². The van der Waals surface area contributed by atoms with Gasteiger partial charge in [-0.25, -0.2) is 4.98 Å². The zero-order valence-electron chi connectivity index (χ0n) is 13.5. The van der Waals surface area contributed by atoms with Gasteiger partial charge in [-0.2, -0.15) is 0 Å². The van der Waals surface area contributed by atoms with Crippen molar-refractivity contribution in [1.82, 2.24) is 9.97 Å². The Hall–Kier alpha value is -2.78. The molecular formula is C16H13ClN4O4S. The summed E-state index contributed by atoms with van der Waals surface area (Å²) in [6.07, 6.45) is 0. The molecule has 0 aliphatic rings. The number of halogens is 1. The van der Waals surface area contributed by atoms with E-state index in [2.05, 4.69) is 15.3 Å². The zero-order valence-corrected chi connectivity index (χ0v) is 15.1. The molecule has 0 unspecified atom stereocenters. The third-order valence-electron chi connectivity index (χ3n) is 3.44. The zero-order chi connectivity index (χ0) is 18.7. The highest BCUT2D eigenvalue weighted by molar-refractivity contribution is 7.99. The molecule has 0 aliphatic heterocycles. The second-order valence-corrected chi connectivity index (χ2v) is 6.58. The van der Waals surface area contributed by atoms with Crippen molar-refractivity contribution in [2.75, 3.05) is 18.2 Å². The molecule has 10 heteroatoms. The average molecular weight is 393 g/mol. The van der Waals surface area contributed by atoms with Crippen LogP contribution in [0.2, 0.25) is 5.02 Å². The molecule has 8 nitrogen and oxygen atoms in total.